The lowest BCUT2D eigenvalue weighted by Crippen LogP contribution is -2.44. The van der Waals surface area contributed by atoms with Gasteiger partial charge in [0.1, 0.15) is 0 Å². The van der Waals surface area contributed by atoms with Crippen LogP contribution < -0.4 is 5.32 Å². The maximum atomic E-state index is 3.76. The molecule has 0 saturated heterocycles. The maximum absolute atomic E-state index is 3.76. The number of hydrogen-bond acceptors (Lipinski definition) is 2. The Balaban J connectivity index is 2.10. The second-order valence-electron chi connectivity index (χ2n) is 7.56. The summed E-state index contributed by atoms with van der Waals surface area (Å²) in [6.07, 6.45) is 3.83. The largest absolute Gasteiger partial charge is 0.312 e. The van der Waals surface area contributed by atoms with Crippen molar-refractivity contribution < 1.29 is 0 Å². The summed E-state index contributed by atoms with van der Waals surface area (Å²) in [4.78, 5) is 1.51. The Morgan fingerprint density at radius 3 is 2.43 bits per heavy atom. The molecule has 1 aliphatic rings. The first-order valence-corrected chi connectivity index (χ1v) is 9.34. The van der Waals surface area contributed by atoms with Crippen LogP contribution in [0.5, 0.6) is 0 Å². The molecule has 21 heavy (non-hydrogen) atoms. The lowest BCUT2D eigenvalue weighted by Gasteiger charge is -2.37. The van der Waals surface area contributed by atoms with Crippen LogP contribution in [-0.4, -0.2) is 17.8 Å². The molecule has 1 heterocycles. The number of nitrogens with one attached hydrogen (secondary N) is 1. The van der Waals surface area contributed by atoms with Crippen LogP contribution in [-0.2, 0) is 0 Å². The van der Waals surface area contributed by atoms with Gasteiger partial charge in [-0.15, -0.1) is 11.8 Å². The third kappa shape index (κ3) is 4.26. The average molecular weight is 306 g/mol. The second kappa shape index (κ2) is 6.75. The molecule has 0 aliphatic carbocycles. The molecule has 0 amide bonds. The van der Waals surface area contributed by atoms with Crippen molar-refractivity contribution in [2.75, 3.05) is 12.3 Å². The van der Waals surface area contributed by atoms with Crippen LogP contribution in [0.3, 0.4) is 0 Å². The van der Waals surface area contributed by atoms with E-state index < -0.39 is 0 Å². The van der Waals surface area contributed by atoms with Crippen molar-refractivity contribution in [1.82, 2.24) is 5.32 Å². The predicted octanol–water partition coefficient (Wildman–Crippen LogP) is 5.46. The van der Waals surface area contributed by atoms with Crippen molar-refractivity contribution in [1.29, 1.82) is 0 Å². The molecule has 2 rings (SSSR count). The van der Waals surface area contributed by atoms with Gasteiger partial charge in [-0.2, -0.15) is 0 Å². The summed E-state index contributed by atoms with van der Waals surface area (Å²) in [5.41, 5.74) is 2.22. The summed E-state index contributed by atoms with van der Waals surface area (Å²) < 4.78 is 0. The van der Waals surface area contributed by atoms with Gasteiger partial charge in [-0.25, -0.2) is 0 Å². The summed E-state index contributed by atoms with van der Waals surface area (Å²) >= 11 is 2.04. The van der Waals surface area contributed by atoms with Gasteiger partial charge in [0.05, 0.1) is 0 Å². The molecule has 0 spiro atoms. The summed E-state index contributed by atoms with van der Waals surface area (Å²) in [7, 11) is 0. The first kappa shape index (κ1) is 16.9. The van der Waals surface area contributed by atoms with Crippen molar-refractivity contribution in [3.63, 3.8) is 0 Å². The van der Waals surface area contributed by atoms with Crippen LogP contribution in [0.15, 0.2) is 29.2 Å². The number of thioether (sulfide) groups is 1. The molecule has 1 N–H and O–H groups in total. The fourth-order valence-corrected chi connectivity index (χ4v) is 4.49. The lowest BCUT2D eigenvalue weighted by molar-refractivity contribution is 0.194. The molecule has 0 saturated carbocycles. The highest BCUT2D eigenvalue weighted by Crippen LogP contribution is 2.46. The zero-order chi connectivity index (χ0) is 15.5. The van der Waals surface area contributed by atoms with Crippen molar-refractivity contribution in [2.24, 2.45) is 5.41 Å². The minimum absolute atomic E-state index is 0.206. The molecule has 0 fully saturated rings. The van der Waals surface area contributed by atoms with E-state index in [1.54, 1.807) is 5.56 Å². The molecule has 0 aromatic heterocycles. The van der Waals surface area contributed by atoms with E-state index in [9.17, 15) is 0 Å². The monoisotopic (exact) mass is 305 g/mol. The van der Waals surface area contributed by atoms with Gasteiger partial charge in [-0.1, -0.05) is 32.0 Å². The van der Waals surface area contributed by atoms with Crippen LogP contribution in [0.4, 0.5) is 0 Å². The Hall–Kier alpha value is -0.470. The van der Waals surface area contributed by atoms with Crippen LogP contribution in [0, 0.1) is 5.41 Å². The van der Waals surface area contributed by atoms with E-state index in [2.05, 4.69) is 64.2 Å². The summed E-state index contributed by atoms with van der Waals surface area (Å²) in [6.45, 7) is 12.7. The standard InChI is InChI=1S/C19H31NS/c1-6-19(7-2,14-20-18(3,4)5)12-15-13-21-17-11-9-8-10-16(15)17/h8-11,15,20H,6-7,12-14H2,1-5H3. The molecule has 0 radical (unpaired) electrons. The molecule has 1 aliphatic heterocycles. The predicted molar refractivity (Wildman–Crippen MR) is 95.3 cm³/mol. The van der Waals surface area contributed by atoms with Crippen molar-refractivity contribution in [3.8, 4) is 0 Å². The Morgan fingerprint density at radius 2 is 1.81 bits per heavy atom. The van der Waals surface area contributed by atoms with E-state index >= 15 is 0 Å². The molecule has 1 unspecified atom stereocenters. The molecule has 1 aromatic rings. The molecule has 2 heteroatoms. The zero-order valence-electron chi connectivity index (χ0n) is 14.3. The average Bonchev–Trinajstić information content (AvgIpc) is 2.86. The molecule has 1 aromatic carbocycles. The third-order valence-electron chi connectivity index (χ3n) is 4.97. The first-order chi connectivity index (χ1) is 9.89. The highest BCUT2D eigenvalue weighted by molar-refractivity contribution is 7.99. The minimum atomic E-state index is 0.206. The van der Waals surface area contributed by atoms with Gasteiger partial charge in [-0.05, 0) is 63.0 Å². The molecule has 1 atom stereocenters. The van der Waals surface area contributed by atoms with Gasteiger partial charge in [-0.3, -0.25) is 0 Å². The Morgan fingerprint density at radius 1 is 1.14 bits per heavy atom. The summed E-state index contributed by atoms with van der Waals surface area (Å²) in [5, 5.41) is 3.76. The SMILES string of the molecule is CCC(CC)(CNC(C)(C)C)CC1CSc2ccccc21. The number of hydrogen-bond donors (Lipinski definition) is 1. The van der Waals surface area contributed by atoms with Gasteiger partial charge in [0.25, 0.3) is 0 Å². The first-order valence-electron chi connectivity index (χ1n) is 8.36. The Kier molecular flexibility index (Phi) is 5.43. The van der Waals surface area contributed by atoms with E-state index in [-0.39, 0.29) is 5.54 Å². The van der Waals surface area contributed by atoms with Crippen LogP contribution in [0.25, 0.3) is 0 Å². The number of rotatable bonds is 6. The van der Waals surface area contributed by atoms with E-state index in [4.69, 9.17) is 0 Å². The number of benzene rings is 1. The minimum Gasteiger partial charge on any atom is -0.312 e. The smallest absolute Gasteiger partial charge is 0.0107 e. The normalized spacial score (nSPS) is 18.8. The van der Waals surface area contributed by atoms with Crippen molar-refractivity contribution >= 4 is 11.8 Å². The van der Waals surface area contributed by atoms with Gasteiger partial charge >= 0.3 is 0 Å². The van der Waals surface area contributed by atoms with Crippen molar-refractivity contribution in [2.45, 2.75) is 70.2 Å². The van der Waals surface area contributed by atoms with E-state index in [1.165, 1.54) is 29.9 Å². The fraction of sp³-hybridized carbons (Fsp3) is 0.684. The van der Waals surface area contributed by atoms with Gasteiger partial charge < -0.3 is 5.32 Å². The summed E-state index contributed by atoms with van der Waals surface area (Å²) in [6, 6.07) is 8.99. The Labute approximate surface area is 135 Å². The van der Waals surface area contributed by atoms with Crippen LogP contribution >= 0.6 is 11.8 Å². The Bertz CT molecular complexity index is 457. The van der Waals surface area contributed by atoms with E-state index in [0.717, 1.165) is 12.5 Å². The van der Waals surface area contributed by atoms with Crippen LogP contribution in [0.1, 0.15) is 65.4 Å². The zero-order valence-corrected chi connectivity index (χ0v) is 15.1. The van der Waals surface area contributed by atoms with E-state index in [1.807, 2.05) is 11.8 Å². The van der Waals surface area contributed by atoms with E-state index in [0.29, 0.717) is 5.41 Å². The second-order valence-corrected chi connectivity index (χ2v) is 8.62. The topological polar surface area (TPSA) is 12.0 Å². The molecular weight excluding hydrogens is 274 g/mol. The van der Waals surface area contributed by atoms with Gasteiger partial charge in [0.15, 0.2) is 0 Å². The van der Waals surface area contributed by atoms with Gasteiger partial charge in [0.2, 0.25) is 0 Å². The number of fused-ring (bicyclic) bond motifs is 1. The van der Waals surface area contributed by atoms with Gasteiger partial charge in [0, 0.05) is 22.7 Å². The third-order valence-corrected chi connectivity index (χ3v) is 6.22. The highest BCUT2D eigenvalue weighted by Gasteiger charge is 2.34. The maximum Gasteiger partial charge on any atom is 0.0107 e. The summed E-state index contributed by atoms with van der Waals surface area (Å²) in [5.74, 6) is 1.99. The van der Waals surface area contributed by atoms with Crippen molar-refractivity contribution in [3.05, 3.63) is 29.8 Å². The van der Waals surface area contributed by atoms with Crippen LogP contribution in [0.2, 0.25) is 0 Å². The fourth-order valence-electron chi connectivity index (χ4n) is 3.23. The highest BCUT2D eigenvalue weighted by atomic mass is 32.2. The molecular formula is C19H31NS. The molecule has 118 valence electrons. The lowest BCUT2D eigenvalue weighted by atomic mass is 9.73. The molecule has 1 nitrogen and oxygen atoms in total. The molecule has 0 bridgehead atoms. The quantitative estimate of drug-likeness (QED) is 0.749.